The molecule has 1 aromatic carbocycles. The Kier molecular flexibility index (Phi) is 3.09. The fourth-order valence-electron chi connectivity index (χ4n) is 1.53. The lowest BCUT2D eigenvalue weighted by Crippen LogP contribution is -2.03. The van der Waals surface area contributed by atoms with E-state index in [1.54, 1.807) is 31.2 Å². The molecule has 0 aliphatic heterocycles. The summed E-state index contributed by atoms with van der Waals surface area (Å²) in [5, 5.41) is 15.8. The summed E-state index contributed by atoms with van der Waals surface area (Å²) in [6.45, 7) is 2.31. The number of carboxylic acid groups (broad SMARTS) is 1. The fraction of sp³-hybridized carbons (Fsp3) is 0.167. The van der Waals surface area contributed by atoms with Crippen LogP contribution in [0, 0.1) is 6.92 Å². The van der Waals surface area contributed by atoms with Crippen LogP contribution in [-0.2, 0) is 6.54 Å². The van der Waals surface area contributed by atoms with Crippen LogP contribution in [0.15, 0.2) is 35.1 Å². The van der Waals surface area contributed by atoms with Crippen LogP contribution in [0.1, 0.15) is 21.6 Å². The van der Waals surface area contributed by atoms with Crippen molar-refractivity contribution in [2.45, 2.75) is 13.5 Å². The van der Waals surface area contributed by atoms with Gasteiger partial charge in [-0.05, 0) is 30.7 Å². The molecular weight excluding hydrogens is 220 g/mol. The van der Waals surface area contributed by atoms with E-state index in [9.17, 15) is 4.79 Å². The molecule has 0 saturated carbocycles. The Morgan fingerprint density at radius 3 is 2.88 bits per heavy atom. The lowest BCUT2D eigenvalue weighted by Gasteiger charge is -2.07. The molecule has 0 radical (unpaired) electrons. The zero-order chi connectivity index (χ0) is 12.3. The molecule has 0 fully saturated rings. The molecule has 0 aliphatic carbocycles. The van der Waals surface area contributed by atoms with E-state index in [2.05, 4.69) is 10.5 Å². The van der Waals surface area contributed by atoms with Crippen molar-refractivity contribution >= 4 is 11.7 Å². The molecule has 2 aromatic rings. The SMILES string of the molecule is Cc1cc(NCc2ccon2)ccc1C(=O)O. The summed E-state index contributed by atoms with van der Waals surface area (Å²) in [5.74, 6) is -0.912. The quantitative estimate of drug-likeness (QED) is 0.845. The third kappa shape index (κ3) is 2.63. The first-order valence-electron chi connectivity index (χ1n) is 5.14. The minimum absolute atomic E-state index is 0.317. The molecule has 1 heterocycles. The molecule has 5 heteroatoms. The number of nitrogens with zero attached hydrogens (tertiary/aromatic N) is 1. The minimum atomic E-state index is -0.912. The number of carboxylic acids is 1. The Morgan fingerprint density at radius 2 is 2.29 bits per heavy atom. The van der Waals surface area contributed by atoms with Gasteiger partial charge in [0.25, 0.3) is 0 Å². The summed E-state index contributed by atoms with van der Waals surface area (Å²) in [7, 11) is 0. The Bertz CT molecular complexity index is 521. The van der Waals surface area contributed by atoms with Gasteiger partial charge in [0.1, 0.15) is 12.0 Å². The molecular formula is C12H12N2O3. The van der Waals surface area contributed by atoms with Crippen molar-refractivity contribution in [2.75, 3.05) is 5.32 Å². The standard InChI is InChI=1S/C12H12N2O3/c1-8-6-9(2-3-11(8)12(15)16)13-7-10-4-5-17-14-10/h2-6,13H,7H2,1H3,(H,15,16). The van der Waals surface area contributed by atoms with Crippen LogP contribution in [0.2, 0.25) is 0 Å². The van der Waals surface area contributed by atoms with Crippen molar-refractivity contribution in [1.82, 2.24) is 5.16 Å². The minimum Gasteiger partial charge on any atom is -0.478 e. The number of hydrogen-bond donors (Lipinski definition) is 2. The van der Waals surface area contributed by atoms with Crippen molar-refractivity contribution in [2.24, 2.45) is 0 Å². The highest BCUT2D eigenvalue weighted by molar-refractivity contribution is 5.89. The zero-order valence-corrected chi connectivity index (χ0v) is 9.30. The summed E-state index contributed by atoms with van der Waals surface area (Å²) < 4.78 is 4.71. The maximum absolute atomic E-state index is 10.8. The number of benzene rings is 1. The smallest absolute Gasteiger partial charge is 0.335 e. The van der Waals surface area contributed by atoms with E-state index in [4.69, 9.17) is 9.63 Å². The molecule has 0 spiro atoms. The predicted molar refractivity (Wildman–Crippen MR) is 62.0 cm³/mol. The number of anilines is 1. The Balaban J connectivity index is 2.07. The summed E-state index contributed by atoms with van der Waals surface area (Å²) >= 11 is 0. The molecule has 1 aromatic heterocycles. The van der Waals surface area contributed by atoms with E-state index in [1.807, 2.05) is 0 Å². The number of aryl methyl sites for hydroxylation is 1. The Labute approximate surface area is 98.1 Å². The number of nitrogens with one attached hydrogen (secondary N) is 1. The van der Waals surface area contributed by atoms with Gasteiger partial charge in [0.2, 0.25) is 0 Å². The first-order chi connectivity index (χ1) is 8.16. The van der Waals surface area contributed by atoms with E-state index < -0.39 is 5.97 Å². The second kappa shape index (κ2) is 4.69. The lowest BCUT2D eigenvalue weighted by atomic mass is 10.1. The molecule has 88 valence electrons. The van der Waals surface area contributed by atoms with Crippen molar-refractivity contribution in [3.63, 3.8) is 0 Å². The summed E-state index contributed by atoms with van der Waals surface area (Å²) in [6.07, 6.45) is 1.51. The van der Waals surface area contributed by atoms with Gasteiger partial charge < -0.3 is 14.9 Å². The molecule has 5 nitrogen and oxygen atoms in total. The molecule has 0 amide bonds. The van der Waals surface area contributed by atoms with Crippen LogP contribution in [0.4, 0.5) is 5.69 Å². The first kappa shape index (κ1) is 11.2. The van der Waals surface area contributed by atoms with Gasteiger partial charge in [0.05, 0.1) is 12.1 Å². The molecule has 17 heavy (non-hydrogen) atoms. The number of aromatic nitrogens is 1. The molecule has 2 rings (SSSR count). The number of rotatable bonds is 4. The van der Waals surface area contributed by atoms with Crippen LogP contribution >= 0.6 is 0 Å². The van der Waals surface area contributed by atoms with E-state index in [0.29, 0.717) is 12.1 Å². The molecule has 2 N–H and O–H groups in total. The molecule has 0 bridgehead atoms. The summed E-state index contributed by atoms with van der Waals surface area (Å²) in [4.78, 5) is 10.8. The topological polar surface area (TPSA) is 75.4 Å². The Morgan fingerprint density at radius 1 is 1.47 bits per heavy atom. The first-order valence-corrected chi connectivity index (χ1v) is 5.14. The van der Waals surface area contributed by atoms with Gasteiger partial charge in [-0.15, -0.1) is 0 Å². The van der Waals surface area contributed by atoms with Gasteiger partial charge in [-0.1, -0.05) is 5.16 Å². The molecule has 0 unspecified atom stereocenters. The predicted octanol–water partition coefficient (Wildman–Crippen LogP) is 2.29. The van der Waals surface area contributed by atoms with Crippen molar-refractivity contribution in [3.05, 3.63) is 47.3 Å². The van der Waals surface area contributed by atoms with Gasteiger partial charge in [-0.2, -0.15) is 0 Å². The normalized spacial score (nSPS) is 10.2. The van der Waals surface area contributed by atoms with Gasteiger partial charge in [-0.25, -0.2) is 4.79 Å². The third-order valence-electron chi connectivity index (χ3n) is 2.42. The van der Waals surface area contributed by atoms with Crippen molar-refractivity contribution < 1.29 is 14.4 Å². The van der Waals surface area contributed by atoms with Gasteiger partial charge >= 0.3 is 5.97 Å². The van der Waals surface area contributed by atoms with Crippen LogP contribution < -0.4 is 5.32 Å². The van der Waals surface area contributed by atoms with Crippen LogP contribution in [0.25, 0.3) is 0 Å². The third-order valence-corrected chi connectivity index (χ3v) is 2.42. The maximum atomic E-state index is 10.8. The Hall–Kier alpha value is -2.30. The van der Waals surface area contributed by atoms with E-state index in [0.717, 1.165) is 16.9 Å². The highest BCUT2D eigenvalue weighted by Crippen LogP contribution is 2.15. The second-order valence-electron chi connectivity index (χ2n) is 3.68. The van der Waals surface area contributed by atoms with E-state index >= 15 is 0 Å². The highest BCUT2D eigenvalue weighted by Gasteiger charge is 2.07. The molecule has 0 atom stereocenters. The largest absolute Gasteiger partial charge is 0.478 e. The summed E-state index contributed by atoms with van der Waals surface area (Å²) in [6, 6.07) is 6.88. The lowest BCUT2D eigenvalue weighted by molar-refractivity contribution is 0.0696. The number of carbonyl (C=O) groups is 1. The van der Waals surface area contributed by atoms with Crippen LogP contribution in [-0.4, -0.2) is 16.2 Å². The van der Waals surface area contributed by atoms with Gasteiger partial charge in [-0.3, -0.25) is 0 Å². The number of aromatic carboxylic acids is 1. The summed E-state index contributed by atoms with van der Waals surface area (Å²) in [5.41, 5.74) is 2.69. The number of hydrogen-bond acceptors (Lipinski definition) is 4. The second-order valence-corrected chi connectivity index (χ2v) is 3.68. The van der Waals surface area contributed by atoms with E-state index in [-0.39, 0.29) is 0 Å². The van der Waals surface area contributed by atoms with Crippen molar-refractivity contribution in [1.29, 1.82) is 0 Å². The van der Waals surface area contributed by atoms with Gasteiger partial charge in [0.15, 0.2) is 0 Å². The average Bonchev–Trinajstić information content (AvgIpc) is 2.78. The van der Waals surface area contributed by atoms with Crippen molar-refractivity contribution in [3.8, 4) is 0 Å². The monoisotopic (exact) mass is 232 g/mol. The average molecular weight is 232 g/mol. The fourth-order valence-corrected chi connectivity index (χ4v) is 1.53. The zero-order valence-electron chi connectivity index (χ0n) is 9.30. The molecule has 0 aliphatic rings. The van der Waals surface area contributed by atoms with Crippen LogP contribution in [0.5, 0.6) is 0 Å². The molecule has 0 saturated heterocycles. The highest BCUT2D eigenvalue weighted by atomic mass is 16.5. The van der Waals surface area contributed by atoms with Crippen LogP contribution in [0.3, 0.4) is 0 Å². The van der Waals surface area contributed by atoms with E-state index in [1.165, 1.54) is 6.26 Å². The maximum Gasteiger partial charge on any atom is 0.335 e. The van der Waals surface area contributed by atoms with Gasteiger partial charge in [0, 0.05) is 11.8 Å².